The van der Waals surface area contributed by atoms with Crippen molar-refractivity contribution in [3.8, 4) is 5.75 Å². The predicted octanol–water partition coefficient (Wildman–Crippen LogP) is 4.31. The summed E-state index contributed by atoms with van der Waals surface area (Å²) in [5, 5.41) is 11.2. The molecule has 32 heavy (non-hydrogen) atoms. The molecule has 0 bridgehead atoms. The fourth-order valence-electron chi connectivity index (χ4n) is 3.70. The summed E-state index contributed by atoms with van der Waals surface area (Å²) in [6, 6.07) is 12.0. The number of hydrogen-bond acceptors (Lipinski definition) is 5. The number of amides is 1. The molecule has 1 heterocycles. The van der Waals surface area contributed by atoms with E-state index in [2.05, 4.69) is 22.5 Å². The molecule has 1 fully saturated rings. The number of ether oxygens (including phenoxy) is 1. The summed E-state index contributed by atoms with van der Waals surface area (Å²) >= 11 is 3.42. The van der Waals surface area contributed by atoms with Crippen molar-refractivity contribution in [3.63, 3.8) is 0 Å². The summed E-state index contributed by atoms with van der Waals surface area (Å²) in [6.45, 7) is 6.78. The van der Waals surface area contributed by atoms with E-state index in [0.717, 1.165) is 15.6 Å². The highest BCUT2D eigenvalue weighted by Gasteiger charge is 2.46. The van der Waals surface area contributed by atoms with E-state index in [1.165, 1.54) is 4.90 Å². The summed E-state index contributed by atoms with van der Waals surface area (Å²) in [7, 11) is 3.81. The number of rotatable bonds is 8. The van der Waals surface area contributed by atoms with E-state index in [9.17, 15) is 14.7 Å². The van der Waals surface area contributed by atoms with Crippen LogP contribution in [-0.2, 0) is 9.59 Å². The number of hydrogen-bond donors (Lipinski definition) is 1. The quantitative estimate of drug-likeness (QED) is 0.254. The lowest BCUT2D eigenvalue weighted by atomic mass is 9.94. The molecule has 1 saturated heterocycles. The van der Waals surface area contributed by atoms with Crippen LogP contribution in [0.1, 0.15) is 22.7 Å². The first-order valence-electron chi connectivity index (χ1n) is 10.3. The molecule has 1 aliphatic heterocycles. The third-order valence-electron chi connectivity index (χ3n) is 5.33. The van der Waals surface area contributed by atoms with E-state index in [1.54, 1.807) is 24.3 Å². The molecule has 6 nitrogen and oxygen atoms in total. The molecule has 0 aliphatic carbocycles. The van der Waals surface area contributed by atoms with Crippen LogP contribution in [0, 0.1) is 6.92 Å². The maximum absolute atomic E-state index is 13.1. The summed E-state index contributed by atoms with van der Waals surface area (Å²) in [5.74, 6) is -0.836. The second kappa shape index (κ2) is 10.1. The van der Waals surface area contributed by atoms with Crippen molar-refractivity contribution in [2.24, 2.45) is 0 Å². The molecule has 0 radical (unpaired) electrons. The number of likely N-dealkylation sites (tertiary alicyclic amines) is 1. The number of aliphatic hydroxyl groups excluding tert-OH is 1. The van der Waals surface area contributed by atoms with Crippen LogP contribution < -0.4 is 4.74 Å². The fourth-order valence-corrected chi connectivity index (χ4v) is 3.97. The van der Waals surface area contributed by atoms with Gasteiger partial charge in [0.15, 0.2) is 0 Å². The van der Waals surface area contributed by atoms with Gasteiger partial charge in [-0.05, 0) is 62.5 Å². The van der Waals surface area contributed by atoms with E-state index in [-0.39, 0.29) is 11.3 Å². The number of Topliss-reactive ketones (excluding diaryl/α,β-unsaturated/α-hetero) is 1. The third-order valence-corrected chi connectivity index (χ3v) is 5.86. The predicted molar refractivity (Wildman–Crippen MR) is 129 cm³/mol. The van der Waals surface area contributed by atoms with Crippen molar-refractivity contribution in [2.75, 3.05) is 33.8 Å². The van der Waals surface area contributed by atoms with Crippen LogP contribution in [0.4, 0.5) is 0 Å². The van der Waals surface area contributed by atoms with Crippen molar-refractivity contribution >= 4 is 33.4 Å². The normalized spacial score (nSPS) is 17.8. The molecule has 1 amide bonds. The molecule has 1 N–H and O–H groups in total. The zero-order valence-corrected chi connectivity index (χ0v) is 20.1. The highest BCUT2D eigenvalue weighted by atomic mass is 79.9. The molecule has 1 unspecified atom stereocenters. The van der Waals surface area contributed by atoms with Crippen LogP contribution in [0.15, 0.2) is 65.2 Å². The average Bonchev–Trinajstić information content (AvgIpc) is 3.01. The number of likely N-dealkylation sites (N-methyl/N-ethyl adjacent to an activating group) is 1. The van der Waals surface area contributed by atoms with Gasteiger partial charge in [0.25, 0.3) is 11.7 Å². The van der Waals surface area contributed by atoms with Crippen molar-refractivity contribution in [2.45, 2.75) is 13.0 Å². The van der Waals surface area contributed by atoms with Gasteiger partial charge in [0.1, 0.15) is 18.1 Å². The van der Waals surface area contributed by atoms with Crippen molar-refractivity contribution in [1.82, 2.24) is 9.80 Å². The Morgan fingerprint density at radius 2 is 1.91 bits per heavy atom. The molecule has 0 saturated carbocycles. The lowest BCUT2D eigenvalue weighted by molar-refractivity contribution is -0.140. The number of nitrogens with zero attached hydrogens (tertiary/aromatic N) is 2. The molecule has 2 aromatic carbocycles. The third kappa shape index (κ3) is 4.95. The van der Waals surface area contributed by atoms with E-state index in [0.29, 0.717) is 31.0 Å². The largest absolute Gasteiger partial charge is 0.507 e. The van der Waals surface area contributed by atoms with E-state index >= 15 is 0 Å². The molecule has 7 heteroatoms. The summed E-state index contributed by atoms with van der Waals surface area (Å²) < 4.78 is 6.44. The summed E-state index contributed by atoms with van der Waals surface area (Å²) in [6.07, 6.45) is 1.65. The maximum atomic E-state index is 13.1. The lowest BCUT2D eigenvalue weighted by Gasteiger charge is -2.26. The minimum absolute atomic E-state index is 0.0962. The molecule has 0 aromatic heterocycles. The maximum Gasteiger partial charge on any atom is 0.295 e. The van der Waals surface area contributed by atoms with Crippen molar-refractivity contribution < 1.29 is 19.4 Å². The van der Waals surface area contributed by atoms with Gasteiger partial charge in [-0.25, -0.2) is 0 Å². The van der Waals surface area contributed by atoms with Gasteiger partial charge in [-0.1, -0.05) is 40.7 Å². The van der Waals surface area contributed by atoms with Crippen molar-refractivity contribution in [3.05, 3.63) is 81.9 Å². The van der Waals surface area contributed by atoms with Crippen LogP contribution in [0.25, 0.3) is 5.76 Å². The van der Waals surface area contributed by atoms with Crippen LogP contribution in [0.3, 0.4) is 0 Å². The number of aryl methyl sites for hydroxylation is 1. The number of carbonyl (C=O) groups is 2. The van der Waals surface area contributed by atoms with Crippen LogP contribution in [0.2, 0.25) is 0 Å². The van der Waals surface area contributed by atoms with Gasteiger partial charge in [-0.3, -0.25) is 9.59 Å². The Kier molecular flexibility index (Phi) is 7.53. The zero-order valence-electron chi connectivity index (χ0n) is 18.5. The standard InChI is InChI=1S/C25H27BrN2O4/c1-5-14-32-19-10-11-20(16(2)15-19)23(29)21-22(17-6-8-18(26)9-7-17)28(13-12-27(3)4)25(31)24(21)30/h5-11,15,22,29H,1,12-14H2,2-4H3. The molecular formula is C25H27BrN2O4. The first kappa shape index (κ1) is 23.8. The molecule has 2 aromatic rings. The second-order valence-electron chi connectivity index (χ2n) is 7.92. The Morgan fingerprint density at radius 1 is 1.22 bits per heavy atom. The van der Waals surface area contributed by atoms with Crippen LogP contribution in [-0.4, -0.2) is 60.4 Å². The topological polar surface area (TPSA) is 70.1 Å². The minimum Gasteiger partial charge on any atom is -0.507 e. The van der Waals surface area contributed by atoms with E-state index in [4.69, 9.17) is 4.74 Å². The Balaban J connectivity index is 2.11. The van der Waals surface area contributed by atoms with Gasteiger partial charge in [0, 0.05) is 23.1 Å². The number of benzene rings is 2. The molecule has 0 spiro atoms. The average molecular weight is 499 g/mol. The van der Waals surface area contributed by atoms with Crippen molar-refractivity contribution in [1.29, 1.82) is 0 Å². The Bertz CT molecular complexity index is 1060. The van der Waals surface area contributed by atoms with Gasteiger partial charge in [0.05, 0.1) is 11.6 Å². The second-order valence-corrected chi connectivity index (χ2v) is 8.84. The van der Waals surface area contributed by atoms with E-state index < -0.39 is 17.7 Å². The molecule has 1 atom stereocenters. The zero-order chi connectivity index (χ0) is 23.4. The van der Waals surface area contributed by atoms with Crippen LogP contribution in [0.5, 0.6) is 5.75 Å². The molecule has 168 valence electrons. The first-order valence-corrected chi connectivity index (χ1v) is 11.1. The minimum atomic E-state index is -0.680. The van der Waals surface area contributed by atoms with Gasteiger partial charge >= 0.3 is 0 Å². The first-order chi connectivity index (χ1) is 15.2. The number of carbonyl (C=O) groups excluding carboxylic acids is 2. The number of ketones is 1. The number of halogens is 1. The SMILES string of the molecule is C=CCOc1ccc(C(O)=C2C(=O)C(=O)N(CCN(C)C)C2c2ccc(Br)cc2)c(C)c1. The van der Waals surface area contributed by atoms with Gasteiger partial charge < -0.3 is 19.6 Å². The monoisotopic (exact) mass is 498 g/mol. The fraction of sp³-hybridized carbons (Fsp3) is 0.280. The highest BCUT2D eigenvalue weighted by molar-refractivity contribution is 9.10. The smallest absolute Gasteiger partial charge is 0.295 e. The highest BCUT2D eigenvalue weighted by Crippen LogP contribution is 2.40. The van der Waals surface area contributed by atoms with E-state index in [1.807, 2.05) is 50.2 Å². The Labute approximate surface area is 196 Å². The van der Waals surface area contributed by atoms with Crippen LogP contribution >= 0.6 is 15.9 Å². The van der Waals surface area contributed by atoms with Gasteiger partial charge in [-0.15, -0.1) is 0 Å². The van der Waals surface area contributed by atoms with Gasteiger partial charge in [-0.2, -0.15) is 0 Å². The van der Waals surface area contributed by atoms with Gasteiger partial charge in [0.2, 0.25) is 0 Å². The Morgan fingerprint density at radius 3 is 2.50 bits per heavy atom. The lowest BCUT2D eigenvalue weighted by Crippen LogP contribution is -2.35. The molecule has 3 rings (SSSR count). The Hall–Kier alpha value is -2.90. The summed E-state index contributed by atoms with van der Waals surface area (Å²) in [5.41, 5.74) is 2.08. The molecular weight excluding hydrogens is 472 g/mol. The molecule has 1 aliphatic rings. The number of aliphatic hydroxyl groups is 1. The summed E-state index contributed by atoms with van der Waals surface area (Å²) in [4.78, 5) is 29.5.